The van der Waals surface area contributed by atoms with Gasteiger partial charge >= 0.3 is 5.76 Å². The molecule has 0 saturated heterocycles. The Hall–Kier alpha value is -2.58. The number of rotatable bonds is 7. The first-order chi connectivity index (χ1) is 12.9. The Bertz CT molecular complexity index is 1110. The number of hydrogen-bond donors (Lipinski definition) is 1. The molecular formula is C19H22N2O5S. The SMILES string of the molecule is CCn1c(=O)oc2cc(S(=O)(=O)NCCc3ccc(OC)cc3)c(C)cc21. The second kappa shape index (κ2) is 7.58. The van der Waals surface area contributed by atoms with Crippen LogP contribution in [0, 0.1) is 6.92 Å². The number of aromatic nitrogens is 1. The van der Waals surface area contributed by atoms with Crippen LogP contribution in [0.15, 0.2) is 50.5 Å². The number of nitrogens with zero attached hydrogens (tertiary/aromatic N) is 1. The normalized spacial score (nSPS) is 11.8. The minimum atomic E-state index is -3.72. The highest BCUT2D eigenvalue weighted by molar-refractivity contribution is 7.89. The predicted molar refractivity (Wildman–Crippen MR) is 103 cm³/mol. The molecule has 0 radical (unpaired) electrons. The van der Waals surface area contributed by atoms with Gasteiger partial charge in [-0.05, 0) is 49.6 Å². The topological polar surface area (TPSA) is 90.5 Å². The lowest BCUT2D eigenvalue weighted by Crippen LogP contribution is -2.26. The fraction of sp³-hybridized carbons (Fsp3) is 0.316. The number of methoxy groups -OCH3 is 1. The molecule has 0 amide bonds. The van der Waals surface area contributed by atoms with E-state index in [0.717, 1.165) is 11.3 Å². The van der Waals surface area contributed by atoms with Gasteiger partial charge < -0.3 is 9.15 Å². The number of aryl methyl sites for hydroxylation is 2. The molecular weight excluding hydrogens is 368 g/mol. The minimum Gasteiger partial charge on any atom is -0.497 e. The molecule has 1 N–H and O–H groups in total. The lowest BCUT2D eigenvalue weighted by atomic mass is 10.1. The number of sulfonamides is 1. The van der Waals surface area contributed by atoms with Gasteiger partial charge in [-0.15, -0.1) is 0 Å². The third-order valence-corrected chi connectivity index (χ3v) is 6.04. The van der Waals surface area contributed by atoms with Gasteiger partial charge in [0.05, 0.1) is 17.5 Å². The summed E-state index contributed by atoms with van der Waals surface area (Å²) in [5, 5.41) is 0. The van der Waals surface area contributed by atoms with E-state index in [-0.39, 0.29) is 17.0 Å². The quantitative estimate of drug-likeness (QED) is 0.669. The van der Waals surface area contributed by atoms with Crippen LogP contribution in [0.5, 0.6) is 5.75 Å². The lowest BCUT2D eigenvalue weighted by molar-refractivity contribution is 0.414. The van der Waals surface area contributed by atoms with Crippen molar-refractivity contribution in [3.05, 3.63) is 58.1 Å². The van der Waals surface area contributed by atoms with E-state index in [1.807, 2.05) is 31.2 Å². The number of ether oxygens (including phenoxy) is 1. The molecule has 0 aliphatic carbocycles. The smallest absolute Gasteiger partial charge is 0.419 e. The molecule has 3 rings (SSSR count). The maximum absolute atomic E-state index is 12.7. The summed E-state index contributed by atoms with van der Waals surface area (Å²) in [5.74, 6) is 0.262. The molecule has 0 atom stereocenters. The van der Waals surface area contributed by atoms with Gasteiger partial charge in [-0.2, -0.15) is 0 Å². The van der Waals surface area contributed by atoms with Crippen LogP contribution in [-0.2, 0) is 23.0 Å². The zero-order valence-corrected chi connectivity index (χ0v) is 16.3. The summed E-state index contributed by atoms with van der Waals surface area (Å²) < 4.78 is 39.7. The van der Waals surface area contributed by atoms with Crippen LogP contribution in [0.25, 0.3) is 11.1 Å². The molecule has 2 aromatic carbocycles. The molecule has 0 unspecified atom stereocenters. The predicted octanol–water partition coefficient (Wildman–Crippen LogP) is 2.45. The van der Waals surface area contributed by atoms with E-state index >= 15 is 0 Å². The Morgan fingerprint density at radius 2 is 1.89 bits per heavy atom. The molecule has 0 bridgehead atoms. The number of oxazole rings is 1. The first-order valence-corrected chi connectivity index (χ1v) is 10.1. The van der Waals surface area contributed by atoms with Crippen molar-refractivity contribution >= 4 is 21.1 Å². The number of benzene rings is 2. The molecule has 1 aromatic heterocycles. The molecule has 0 spiro atoms. The van der Waals surface area contributed by atoms with Crippen molar-refractivity contribution in [3.63, 3.8) is 0 Å². The number of hydrogen-bond acceptors (Lipinski definition) is 5. The summed E-state index contributed by atoms with van der Waals surface area (Å²) in [4.78, 5) is 12.0. The van der Waals surface area contributed by atoms with Gasteiger partial charge in [0.1, 0.15) is 5.75 Å². The minimum absolute atomic E-state index is 0.113. The van der Waals surface area contributed by atoms with Gasteiger partial charge in [0.15, 0.2) is 5.58 Å². The molecule has 3 aromatic rings. The lowest BCUT2D eigenvalue weighted by Gasteiger charge is -2.10. The second-order valence-corrected chi connectivity index (χ2v) is 7.93. The highest BCUT2D eigenvalue weighted by Gasteiger charge is 2.20. The Labute approximate surface area is 157 Å². The maximum Gasteiger partial charge on any atom is 0.419 e. The average molecular weight is 390 g/mol. The summed E-state index contributed by atoms with van der Waals surface area (Å²) >= 11 is 0. The van der Waals surface area contributed by atoms with Crippen LogP contribution in [0.4, 0.5) is 0 Å². The molecule has 7 nitrogen and oxygen atoms in total. The number of fused-ring (bicyclic) bond motifs is 1. The fourth-order valence-corrected chi connectivity index (χ4v) is 4.25. The Morgan fingerprint density at radius 1 is 1.19 bits per heavy atom. The molecule has 0 fully saturated rings. The molecule has 144 valence electrons. The van der Waals surface area contributed by atoms with Crippen LogP contribution >= 0.6 is 0 Å². The third kappa shape index (κ3) is 3.91. The number of nitrogens with one attached hydrogen (secondary N) is 1. The van der Waals surface area contributed by atoms with E-state index in [2.05, 4.69) is 4.72 Å². The fourth-order valence-electron chi connectivity index (χ4n) is 2.98. The van der Waals surface area contributed by atoms with E-state index in [1.165, 1.54) is 10.6 Å². The van der Waals surface area contributed by atoms with Crippen molar-refractivity contribution < 1.29 is 17.6 Å². The van der Waals surface area contributed by atoms with Gasteiger partial charge in [-0.3, -0.25) is 4.57 Å². The monoisotopic (exact) mass is 390 g/mol. The standard InChI is InChI=1S/C19H22N2O5S/c1-4-21-16-11-13(2)18(12-17(16)26-19(21)22)27(23,24)20-10-9-14-5-7-15(25-3)8-6-14/h5-8,11-12,20H,4,9-10H2,1-3H3. The Balaban J connectivity index is 1.79. The van der Waals surface area contributed by atoms with Gasteiger partial charge in [0.2, 0.25) is 10.0 Å². The van der Waals surface area contributed by atoms with Crippen molar-refractivity contribution in [1.82, 2.24) is 9.29 Å². The highest BCUT2D eigenvalue weighted by Crippen LogP contribution is 2.23. The second-order valence-electron chi connectivity index (χ2n) is 6.19. The summed E-state index contributed by atoms with van der Waals surface area (Å²) in [6.07, 6.45) is 0.547. The zero-order valence-electron chi connectivity index (χ0n) is 15.5. The largest absolute Gasteiger partial charge is 0.497 e. The summed E-state index contributed by atoms with van der Waals surface area (Å²) in [6, 6.07) is 10.5. The van der Waals surface area contributed by atoms with E-state index in [0.29, 0.717) is 24.0 Å². The average Bonchev–Trinajstić information content (AvgIpc) is 2.95. The van der Waals surface area contributed by atoms with Gasteiger partial charge in [0, 0.05) is 19.2 Å². The van der Waals surface area contributed by atoms with E-state index in [9.17, 15) is 13.2 Å². The van der Waals surface area contributed by atoms with E-state index < -0.39 is 15.8 Å². The first-order valence-electron chi connectivity index (χ1n) is 8.62. The summed E-state index contributed by atoms with van der Waals surface area (Å²) in [7, 11) is -2.13. The third-order valence-electron chi connectivity index (χ3n) is 4.44. The van der Waals surface area contributed by atoms with Gasteiger partial charge in [-0.1, -0.05) is 12.1 Å². The Morgan fingerprint density at radius 3 is 2.52 bits per heavy atom. The molecule has 1 heterocycles. The first kappa shape index (κ1) is 19.2. The zero-order chi connectivity index (χ0) is 19.6. The molecule has 0 aliphatic rings. The van der Waals surface area contributed by atoms with Gasteiger partial charge in [0.25, 0.3) is 0 Å². The van der Waals surface area contributed by atoms with Crippen molar-refractivity contribution in [3.8, 4) is 5.75 Å². The maximum atomic E-state index is 12.7. The van der Waals surface area contributed by atoms with Crippen molar-refractivity contribution in [1.29, 1.82) is 0 Å². The molecule has 8 heteroatoms. The van der Waals surface area contributed by atoms with Crippen LogP contribution < -0.4 is 15.2 Å². The van der Waals surface area contributed by atoms with E-state index in [1.54, 1.807) is 20.1 Å². The van der Waals surface area contributed by atoms with Crippen LogP contribution in [0.1, 0.15) is 18.1 Å². The van der Waals surface area contributed by atoms with Gasteiger partial charge in [-0.25, -0.2) is 17.9 Å². The molecule has 0 saturated carbocycles. The van der Waals surface area contributed by atoms with Crippen molar-refractivity contribution in [2.75, 3.05) is 13.7 Å². The van der Waals surface area contributed by atoms with Crippen molar-refractivity contribution in [2.45, 2.75) is 31.7 Å². The van der Waals surface area contributed by atoms with Crippen LogP contribution in [0.2, 0.25) is 0 Å². The molecule has 27 heavy (non-hydrogen) atoms. The highest BCUT2D eigenvalue weighted by atomic mass is 32.2. The van der Waals surface area contributed by atoms with Crippen LogP contribution in [-0.4, -0.2) is 26.6 Å². The summed E-state index contributed by atoms with van der Waals surface area (Å²) in [5.41, 5.74) is 2.42. The summed E-state index contributed by atoms with van der Waals surface area (Å²) in [6.45, 7) is 4.25. The van der Waals surface area contributed by atoms with E-state index in [4.69, 9.17) is 9.15 Å². The Kier molecular flexibility index (Phi) is 5.38. The van der Waals surface area contributed by atoms with Crippen LogP contribution in [0.3, 0.4) is 0 Å². The molecule has 0 aliphatic heterocycles. The van der Waals surface area contributed by atoms with Crippen molar-refractivity contribution in [2.24, 2.45) is 0 Å².